The molecule has 3 amide bonds. The van der Waals surface area contributed by atoms with E-state index in [0.29, 0.717) is 12.1 Å². The second-order valence-corrected chi connectivity index (χ2v) is 11.5. The lowest BCUT2D eigenvalue weighted by atomic mass is 10.0. The number of hydrogen-bond donors (Lipinski definition) is 3. The van der Waals surface area contributed by atoms with Gasteiger partial charge in [-0.15, -0.1) is 23.2 Å². The van der Waals surface area contributed by atoms with Gasteiger partial charge in [-0.1, -0.05) is 17.7 Å². The van der Waals surface area contributed by atoms with Gasteiger partial charge in [-0.05, 0) is 55.0 Å². The Morgan fingerprint density at radius 1 is 0.955 bits per heavy atom. The van der Waals surface area contributed by atoms with Gasteiger partial charge in [0.2, 0.25) is 11.8 Å². The highest BCUT2D eigenvalue weighted by atomic mass is 35.5. The standard InChI is InChI=1S/C28H17Cl3F6N4O3/c1-11(10-38)24(42)41-23-18(33)6-7-19(22(23)34)40-25(43)14-9-13(3-4-16(14)29)39-26(44)21-20(27(21,30)31)12-2-5-17(32)15(8-12)28(35,36)37/h2-9,11,20-21H,1H3,(H,39,44)(H,40,43)(H,41,42)/t11?,20-,21+/m0/s1. The van der Waals surface area contributed by atoms with Crippen LogP contribution < -0.4 is 16.0 Å². The highest BCUT2D eigenvalue weighted by Gasteiger charge is 2.67. The molecule has 3 N–H and O–H groups in total. The van der Waals surface area contributed by atoms with Gasteiger partial charge in [0, 0.05) is 11.6 Å². The van der Waals surface area contributed by atoms with Gasteiger partial charge in [0.15, 0.2) is 5.82 Å². The number of alkyl halides is 5. The van der Waals surface area contributed by atoms with Crippen molar-refractivity contribution >= 4 is 69.6 Å². The number of rotatable bonds is 7. The summed E-state index contributed by atoms with van der Waals surface area (Å²) in [5.74, 6) is -10.5. The van der Waals surface area contributed by atoms with Gasteiger partial charge in [-0.3, -0.25) is 14.4 Å². The third kappa shape index (κ3) is 6.57. The minimum atomic E-state index is -5.00. The van der Waals surface area contributed by atoms with Crippen LogP contribution in [0.3, 0.4) is 0 Å². The van der Waals surface area contributed by atoms with Crippen molar-refractivity contribution in [3.8, 4) is 6.07 Å². The molecule has 0 bridgehead atoms. The molecule has 0 heterocycles. The number of amides is 3. The van der Waals surface area contributed by atoms with Crippen LogP contribution in [0, 0.1) is 40.6 Å². The molecule has 0 aromatic heterocycles. The molecule has 1 saturated carbocycles. The first-order valence-electron chi connectivity index (χ1n) is 12.3. The lowest BCUT2D eigenvalue weighted by Gasteiger charge is -2.14. The average Bonchev–Trinajstić information content (AvgIpc) is 3.54. The molecule has 7 nitrogen and oxygen atoms in total. The molecule has 1 aliphatic carbocycles. The topological polar surface area (TPSA) is 111 Å². The summed E-state index contributed by atoms with van der Waals surface area (Å²) in [6, 6.07) is 8.97. The molecular formula is C28H17Cl3F6N4O3. The number of carbonyl (C=O) groups is 3. The van der Waals surface area contributed by atoms with Crippen LogP contribution in [-0.4, -0.2) is 22.1 Å². The number of benzene rings is 3. The van der Waals surface area contributed by atoms with Crippen molar-refractivity contribution in [1.82, 2.24) is 0 Å². The Labute approximate surface area is 260 Å². The zero-order valence-corrected chi connectivity index (χ0v) is 24.2. The molecule has 230 valence electrons. The summed E-state index contributed by atoms with van der Waals surface area (Å²) in [5, 5.41) is 15.2. The highest BCUT2D eigenvalue weighted by Crippen LogP contribution is 2.65. The Balaban J connectivity index is 1.52. The van der Waals surface area contributed by atoms with Crippen LogP contribution in [0.4, 0.5) is 43.4 Å². The van der Waals surface area contributed by atoms with Crippen molar-refractivity contribution in [2.24, 2.45) is 11.8 Å². The van der Waals surface area contributed by atoms with Gasteiger partial charge in [0.1, 0.15) is 27.6 Å². The van der Waals surface area contributed by atoms with E-state index >= 15 is 0 Å². The van der Waals surface area contributed by atoms with E-state index in [1.807, 2.05) is 5.32 Å². The minimum Gasteiger partial charge on any atom is -0.326 e. The van der Waals surface area contributed by atoms with E-state index in [0.717, 1.165) is 24.3 Å². The van der Waals surface area contributed by atoms with Crippen molar-refractivity contribution in [1.29, 1.82) is 5.26 Å². The number of carbonyl (C=O) groups excluding carboxylic acids is 3. The van der Waals surface area contributed by atoms with Gasteiger partial charge < -0.3 is 16.0 Å². The summed E-state index contributed by atoms with van der Waals surface area (Å²) in [6.07, 6.45) is -5.00. The maximum atomic E-state index is 15.0. The van der Waals surface area contributed by atoms with Crippen LogP contribution in [0.5, 0.6) is 0 Å². The van der Waals surface area contributed by atoms with Gasteiger partial charge in [-0.2, -0.15) is 18.4 Å². The quantitative estimate of drug-likeness (QED) is 0.176. The summed E-state index contributed by atoms with van der Waals surface area (Å²) in [6.45, 7) is 1.21. The monoisotopic (exact) mass is 676 g/mol. The third-order valence-electron chi connectivity index (χ3n) is 6.64. The number of nitrogens with zero attached hydrogens (tertiary/aromatic N) is 1. The number of hydrogen-bond acceptors (Lipinski definition) is 4. The normalized spacial score (nSPS) is 17.7. The van der Waals surface area contributed by atoms with E-state index < -0.39 is 80.4 Å². The van der Waals surface area contributed by atoms with E-state index in [1.165, 1.54) is 19.1 Å². The van der Waals surface area contributed by atoms with Crippen molar-refractivity contribution in [3.63, 3.8) is 0 Å². The molecular weight excluding hydrogens is 661 g/mol. The van der Waals surface area contributed by atoms with Crippen LogP contribution >= 0.6 is 34.8 Å². The molecule has 1 fully saturated rings. The van der Waals surface area contributed by atoms with E-state index in [4.69, 9.17) is 40.1 Å². The van der Waals surface area contributed by atoms with Crippen molar-refractivity contribution in [3.05, 3.63) is 87.7 Å². The number of nitriles is 1. The summed E-state index contributed by atoms with van der Waals surface area (Å²) in [7, 11) is 0. The van der Waals surface area contributed by atoms with Gasteiger partial charge in [-0.25, -0.2) is 13.2 Å². The number of anilines is 3. The molecule has 0 saturated heterocycles. The largest absolute Gasteiger partial charge is 0.419 e. The molecule has 4 rings (SSSR count). The lowest BCUT2D eigenvalue weighted by Crippen LogP contribution is -2.21. The zero-order valence-electron chi connectivity index (χ0n) is 21.9. The van der Waals surface area contributed by atoms with Crippen molar-refractivity contribution < 1.29 is 40.7 Å². The summed E-state index contributed by atoms with van der Waals surface area (Å²) in [5.41, 5.74) is -3.47. The first kappa shape index (κ1) is 32.9. The summed E-state index contributed by atoms with van der Waals surface area (Å²) < 4.78 is 80.6. The highest BCUT2D eigenvalue weighted by molar-refractivity contribution is 6.53. The fraction of sp³-hybridized carbons (Fsp3) is 0.214. The third-order valence-corrected chi connectivity index (χ3v) is 7.91. The Bertz CT molecular complexity index is 1730. The SMILES string of the molecule is CC(C#N)C(=O)Nc1c(F)ccc(NC(=O)c2cc(NC(=O)[C@H]3[C@H](c4ccc(F)c(C(F)(F)F)c4)C3(Cl)Cl)ccc2Cl)c1F. The predicted octanol–water partition coefficient (Wildman–Crippen LogP) is 7.65. The Morgan fingerprint density at radius 3 is 2.25 bits per heavy atom. The van der Waals surface area contributed by atoms with E-state index in [1.54, 1.807) is 6.07 Å². The molecule has 16 heteroatoms. The van der Waals surface area contributed by atoms with Crippen LogP contribution in [0.15, 0.2) is 48.5 Å². The first-order chi connectivity index (χ1) is 20.5. The Kier molecular flexibility index (Phi) is 9.11. The molecule has 1 unspecified atom stereocenters. The van der Waals surface area contributed by atoms with Crippen molar-refractivity contribution in [2.75, 3.05) is 16.0 Å². The summed E-state index contributed by atoms with van der Waals surface area (Å²) >= 11 is 18.5. The maximum Gasteiger partial charge on any atom is 0.419 e. The smallest absolute Gasteiger partial charge is 0.326 e. The minimum absolute atomic E-state index is 0.0348. The first-order valence-corrected chi connectivity index (χ1v) is 13.5. The molecule has 3 aromatic carbocycles. The lowest BCUT2D eigenvalue weighted by molar-refractivity contribution is -0.140. The maximum absolute atomic E-state index is 15.0. The van der Waals surface area contributed by atoms with Gasteiger partial charge >= 0.3 is 6.18 Å². The molecule has 44 heavy (non-hydrogen) atoms. The van der Waals surface area contributed by atoms with Crippen LogP contribution in [-0.2, 0) is 15.8 Å². The second kappa shape index (κ2) is 12.2. The Hall–Kier alpha value is -3.99. The van der Waals surface area contributed by atoms with Crippen LogP contribution in [0.1, 0.15) is 34.3 Å². The van der Waals surface area contributed by atoms with E-state index in [-0.39, 0.29) is 21.8 Å². The molecule has 0 aliphatic heterocycles. The molecule has 0 radical (unpaired) electrons. The molecule has 3 aromatic rings. The van der Waals surface area contributed by atoms with E-state index in [2.05, 4.69) is 10.6 Å². The second-order valence-electron chi connectivity index (χ2n) is 9.63. The number of nitrogens with one attached hydrogen (secondary N) is 3. The summed E-state index contributed by atoms with van der Waals surface area (Å²) in [4.78, 5) is 37.9. The van der Waals surface area contributed by atoms with Crippen LogP contribution in [0.2, 0.25) is 5.02 Å². The molecule has 3 atom stereocenters. The van der Waals surface area contributed by atoms with Crippen molar-refractivity contribution in [2.45, 2.75) is 23.4 Å². The zero-order chi connectivity index (χ0) is 32.7. The number of halogens is 9. The average molecular weight is 678 g/mol. The Morgan fingerprint density at radius 2 is 1.61 bits per heavy atom. The van der Waals surface area contributed by atoms with Gasteiger partial charge in [0.25, 0.3) is 5.91 Å². The fourth-order valence-corrected chi connectivity index (χ4v) is 5.29. The predicted molar refractivity (Wildman–Crippen MR) is 150 cm³/mol. The molecule has 1 aliphatic rings. The van der Waals surface area contributed by atoms with E-state index in [9.17, 15) is 40.7 Å². The van der Waals surface area contributed by atoms with Gasteiger partial charge in [0.05, 0.1) is 33.8 Å². The van der Waals surface area contributed by atoms with Crippen LogP contribution in [0.25, 0.3) is 0 Å². The fourth-order valence-electron chi connectivity index (χ4n) is 4.26. The molecule has 0 spiro atoms.